The average molecular weight is 221 g/mol. The van der Waals surface area contributed by atoms with E-state index < -0.39 is 0 Å². The molecule has 1 aliphatic rings. The van der Waals surface area contributed by atoms with Gasteiger partial charge in [0.25, 0.3) is 0 Å². The van der Waals surface area contributed by atoms with Crippen molar-refractivity contribution in [3.63, 3.8) is 0 Å². The lowest BCUT2D eigenvalue weighted by molar-refractivity contribution is -0.131. The largest absolute Gasteiger partial charge is 0.333 e. The Kier molecular flexibility index (Phi) is 2.95. The van der Waals surface area contributed by atoms with E-state index in [9.17, 15) is 9.18 Å². The van der Waals surface area contributed by atoms with Crippen molar-refractivity contribution in [1.29, 1.82) is 0 Å². The Hall–Kier alpha value is -1.38. The molecule has 1 fully saturated rings. The van der Waals surface area contributed by atoms with E-state index in [0.717, 1.165) is 12.8 Å². The van der Waals surface area contributed by atoms with Crippen LogP contribution >= 0.6 is 0 Å². The van der Waals surface area contributed by atoms with E-state index in [0.29, 0.717) is 11.6 Å². The Morgan fingerprint density at radius 1 is 1.44 bits per heavy atom. The summed E-state index contributed by atoms with van der Waals surface area (Å²) < 4.78 is 13.6. The van der Waals surface area contributed by atoms with Gasteiger partial charge >= 0.3 is 0 Å². The summed E-state index contributed by atoms with van der Waals surface area (Å²) >= 11 is 0. The Bertz CT molecular complexity index is 401. The third kappa shape index (κ3) is 2.08. The summed E-state index contributed by atoms with van der Waals surface area (Å²) in [5.41, 5.74) is 0.601. The van der Waals surface area contributed by atoms with E-state index in [4.69, 9.17) is 0 Å². The topological polar surface area (TPSA) is 20.3 Å². The Morgan fingerprint density at radius 2 is 2.06 bits per heavy atom. The monoisotopic (exact) mass is 221 g/mol. The summed E-state index contributed by atoms with van der Waals surface area (Å²) in [6.45, 7) is 3.44. The van der Waals surface area contributed by atoms with E-state index in [1.165, 1.54) is 6.07 Å². The van der Waals surface area contributed by atoms with Gasteiger partial charge in [0, 0.05) is 18.5 Å². The van der Waals surface area contributed by atoms with Gasteiger partial charge in [-0.15, -0.1) is 0 Å². The second-order valence-corrected chi connectivity index (χ2v) is 4.35. The van der Waals surface area contributed by atoms with Crippen LogP contribution in [0.1, 0.15) is 38.3 Å². The van der Waals surface area contributed by atoms with Gasteiger partial charge in [-0.05, 0) is 25.8 Å². The van der Waals surface area contributed by atoms with Gasteiger partial charge in [-0.3, -0.25) is 4.79 Å². The molecule has 1 aromatic carbocycles. The smallest absolute Gasteiger partial charge is 0.220 e. The average Bonchev–Trinajstić information content (AvgIpc) is 3.02. The summed E-state index contributed by atoms with van der Waals surface area (Å²) in [7, 11) is 0. The minimum atomic E-state index is -0.234. The third-order valence-corrected chi connectivity index (χ3v) is 3.08. The van der Waals surface area contributed by atoms with Crippen molar-refractivity contribution in [3.8, 4) is 0 Å². The molecule has 86 valence electrons. The lowest BCUT2D eigenvalue weighted by atomic mass is 10.1. The maximum atomic E-state index is 13.6. The van der Waals surface area contributed by atoms with Crippen LogP contribution in [-0.4, -0.2) is 16.8 Å². The summed E-state index contributed by atoms with van der Waals surface area (Å²) in [4.78, 5) is 13.3. The molecule has 1 unspecified atom stereocenters. The number of carbonyl (C=O) groups is 1. The van der Waals surface area contributed by atoms with Crippen LogP contribution in [0.4, 0.5) is 4.39 Å². The Labute approximate surface area is 95.1 Å². The summed E-state index contributed by atoms with van der Waals surface area (Å²) in [5, 5.41) is 0. The highest BCUT2D eigenvalue weighted by Gasteiger charge is 2.35. The van der Waals surface area contributed by atoms with Gasteiger partial charge in [0.1, 0.15) is 5.82 Å². The highest BCUT2D eigenvalue weighted by Crippen LogP contribution is 2.34. The molecule has 0 saturated heterocycles. The van der Waals surface area contributed by atoms with Crippen LogP contribution in [0.2, 0.25) is 0 Å². The van der Waals surface area contributed by atoms with E-state index in [1.807, 2.05) is 6.92 Å². The number of benzene rings is 1. The molecule has 0 aromatic heterocycles. The van der Waals surface area contributed by atoms with Crippen molar-refractivity contribution in [2.24, 2.45) is 0 Å². The molecular weight excluding hydrogens is 205 g/mol. The van der Waals surface area contributed by atoms with Crippen molar-refractivity contribution in [1.82, 2.24) is 4.90 Å². The number of hydrogen-bond acceptors (Lipinski definition) is 1. The molecular formula is C13H16FNO. The Balaban J connectivity index is 2.25. The van der Waals surface area contributed by atoms with Gasteiger partial charge in [0.2, 0.25) is 5.91 Å². The predicted octanol–water partition coefficient (Wildman–Crippen LogP) is 2.90. The molecule has 1 saturated carbocycles. The molecule has 16 heavy (non-hydrogen) atoms. The number of rotatable bonds is 3. The van der Waals surface area contributed by atoms with Crippen LogP contribution in [0.15, 0.2) is 24.3 Å². The molecule has 0 spiro atoms. The molecule has 3 heteroatoms. The van der Waals surface area contributed by atoms with Crippen molar-refractivity contribution < 1.29 is 9.18 Å². The number of halogens is 1. The van der Waals surface area contributed by atoms with Gasteiger partial charge in [0.15, 0.2) is 0 Å². The fourth-order valence-electron chi connectivity index (χ4n) is 2.16. The minimum Gasteiger partial charge on any atom is -0.333 e. The van der Waals surface area contributed by atoms with Crippen molar-refractivity contribution in [2.75, 3.05) is 0 Å². The maximum absolute atomic E-state index is 13.6. The van der Waals surface area contributed by atoms with E-state index in [-0.39, 0.29) is 17.8 Å². The first-order valence-electron chi connectivity index (χ1n) is 5.64. The Morgan fingerprint density at radius 3 is 2.56 bits per heavy atom. The van der Waals surface area contributed by atoms with Crippen molar-refractivity contribution in [3.05, 3.63) is 35.6 Å². The summed E-state index contributed by atoms with van der Waals surface area (Å²) in [6, 6.07) is 6.80. The van der Waals surface area contributed by atoms with E-state index in [2.05, 4.69) is 0 Å². The van der Waals surface area contributed by atoms with Crippen LogP contribution in [0.5, 0.6) is 0 Å². The number of nitrogens with zero attached hydrogens (tertiary/aromatic N) is 1. The zero-order valence-corrected chi connectivity index (χ0v) is 9.61. The molecule has 1 aliphatic carbocycles. The first kappa shape index (κ1) is 11.1. The lowest BCUT2D eigenvalue weighted by Gasteiger charge is -2.28. The zero-order chi connectivity index (χ0) is 11.7. The fraction of sp³-hybridized carbons (Fsp3) is 0.462. The second-order valence-electron chi connectivity index (χ2n) is 4.35. The molecule has 1 aromatic rings. The maximum Gasteiger partial charge on any atom is 0.220 e. The highest BCUT2D eigenvalue weighted by molar-refractivity contribution is 5.74. The van der Waals surface area contributed by atoms with Gasteiger partial charge in [-0.1, -0.05) is 18.2 Å². The van der Waals surface area contributed by atoms with E-state index >= 15 is 0 Å². The SMILES string of the molecule is CC(=O)N(C1CC1)C(C)c1ccccc1F. The molecule has 2 rings (SSSR count). The molecule has 0 N–H and O–H groups in total. The van der Waals surface area contributed by atoms with Crippen LogP contribution in [-0.2, 0) is 4.79 Å². The minimum absolute atomic E-state index is 0.0262. The lowest BCUT2D eigenvalue weighted by Crippen LogP contribution is -2.34. The predicted molar refractivity (Wildman–Crippen MR) is 60.4 cm³/mol. The molecule has 0 bridgehead atoms. The second kappa shape index (κ2) is 4.24. The quantitative estimate of drug-likeness (QED) is 0.768. The molecule has 0 heterocycles. The molecule has 1 amide bonds. The van der Waals surface area contributed by atoms with Crippen molar-refractivity contribution in [2.45, 2.75) is 38.8 Å². The summed E-state index contributed by atoms with van der Waals surface area (Å²) in [5.74, 6) is -0.208. The normalized spacial score (nSPS) is 16.9. The van der Waals surface area contributed by atoms with Crippen LogP contribution in [0.3, 0.4) is 0 Å². The van der Waals surface area contributed by atoms with Crippen LogP contribution in [0, 0.1) is 5.82 Å². The van der Waals surface area contributed by atoms with Crippen LogP contribution < -0.4 is 0 Å². The number of hydrogen-bond donors (Lipinski definition) is 0. The van der Waals surface area contributed by atoms with Gasteiger partial charge in [-0.25, -0.2) is 4.39 Å². The first-order valence-corrected chi connectivity index (χ1v) is 5.64. The number of carbonyl (C=O) groups excluding carboxylic acids is 1. The molecule has 2 nitrogen and oxygen atoms in total. The zero-order valence-electron chi connectivity index (χ0n) is 9.61. The first-order chi connectivity index (χ1) is 7.61. The van der Waals surface area contributed by atoms with Gasteiger partial charge < -0.3 is 4.90 Å². The van der Waals surface area contributed by atoms with Crippen molar-refractivity contribution >= 4 is 5.91 Å². The van der Waals surface area contributed by atoms with Gasteiger partial charge in [0.05, 0.1) is 6.04 Å². The van der Waals surface area contributed by atoms with Gasteiger partial charge in [-0.2, -0.15) is 0 Å². The standard InChI is InChI=1S/C13H16FNO/c1-9(12-5-3-4-6-13(12)14)15(10(2)16)11-7-8-11/h3-6,9,11H,7-8H2,1-2H3. The van der Waals surface area contributed by atoms with E-state index in [1.54, 1.807) is 30.0 Å². The molecule has 0 radical (unpaired) electrons. The fourth-order valence-corrected chi connectivity index (χ4v) is 2.16. The third-order valence-electron chi connectivity index (χ3n) is 3.08. The molecule has 1 atom stereocenters. The number of amides is 1. The highest BCUT2D eigenvalue weighted by atomic mass is 19.1. The van der Waals surface area contributed by atoms with Crippen LogP contribution in [0.25, 0.3) is 0 Å². The summed E-state index contributed by atoms with van der Waals surface area (Å²) in [6.07, 6.45) is 2.08. The molecule has 0 aliphatic heterocycles.